The summed E-state index contributed by atoms with van der Waals surface area (Å²) in [6, 6.07) is 9.94. The van der Waals surface area contributed by atoms with Crippen LogP contribution in [0.5, 0.6) is 0 Å². The van der Waals surface area contributed by atoms with Crippen LogP contribution in [0.1, 0.15) is 47.1 Å². The van der Waals surface area contributed by atoms with E-state index < -0.39 is 28.8 Å². The maximum atomic E-state index is 13.4. The lowest BCUT2D eigenvalue weighted by molar-refractivity contribution is -0.140. The number of hydrogen-bond donors (Lipinski definition) is 1. The van der Waals surface area contributed by atoms with Crippen LogP contribution < -0.4 is 5.43 Å². The van der Waals surface area contributed by atoms with Crippen LogP contribution in [0.3, 0.4) is 0 Å². The molecule has 214 valence electrons. The highest BCUT2D eigenvalue weighted by molar-refractivity contribution is 7.13. The molecule has 5 aromatic rings. The molecule has 1 aromatic carbocycles. The molecule has 0 saturated carbocycles. The molecule has 12 heteroatoms. The SMILES string of the molecule is CCCC(=O)Cc1cc(-c2nc(C(F)(F)F)cs2)c(-c2ccc3c(c2)c(=O)c(C(=O)O)cn3Cc2ccncc2)cn1. The van der Waals surface area contributed by atoms with Crippen LogP contribution in [-0.2, 0) is 23.9 Å². The molecule has 0 unspecified atom stereocenters. The standard InChI is InChI=1S/C30H23F3N4O4S/c1-2-3-20(38)11-19-12-21(28-36-26(16-42-28)30(31,32)33)23(13-35-19)18-4-5-25-22(10-18)27(39)24(29(40)41)15-37(25)14-17-6-8-34-9-7-17/h4-10,12-13,15-16H,2-3,11,14H2,1H3,(H,40,41). The van der Waals surface area contributed by atoms with Crippen LogP contribution in [0.25, 0.3) is 32.6 Å². The zero-order valence-electron chi connectivity index (χ0n) is 22.2. The third-order valence-corrected chi connectivity index (χ3v) is 7.49. The number of aromatic nitrogens is 4. The topological polar surface area (TPSA) is 115 Å². The number of pyridine rings is 3. The molecule has 8 nitrogen and oxygen atoms in total. The number of fused-ring (bicyclic) bond motifs is 1. The average molecular weight is 593 g/mol. The summed E-state index contributed by atoms with van der Waals surface area (Å²) >= 11 is 0.801. The number of ketones is 1. The lowest BCUT2D eigenvalue weighted by Gasteiger charge is -2.15. The van der Waals surface area contributed by atoms with Gasteiger partial charge in [-0.25, -0.2) is 9.78 Å². The van der Waals surface area contributed by atoms with Crippen molar-refractivity contribution >= 4 is 34.0 Å². The zero-order chi connectivity index (χ0) is 30.0. The number of aromatic carboxylic acids is 1. The second-order valence-corrected chi connectivity index (χ2v) is 10.5. The first-order valence-electron chi connectivity index (χ1n) is 12.9. The maximum absolute atomic E-state index is 13.4. The van der Waals surface area contributed by atoms with Crippen molar-refractivity contribution in [3.8, 4) is 21.7 Å². The molecular weight excluding hydrogens is 569 g/mol. The lowest BCUT2D eigenvalue weighted by Crippen LogP contribution is -2.19. The number of benzene rings is 1. The molecule has 0 atom stereocenters. The Morgan fingerprint density at radius 2 is 1.83 bits per heavy atom. The average Bonchev–Trinajstić information content (AvgIpc) is 3.46. The van der Waals surface area contributed by atoms with E-state index in [1.807, 2.05) is 6.92 Å². The van der Waals surface area contributed by atoms with E-state index >= 15 is 0 Å². The van der Waals surface area contributed by atoms with E-state index in [9.17, 15) is 32.7 Å². The molecule has 0 bridgehead atoms. The monoisotopic (exact) mass is 592 g/mol. The third-order valence-electron chi connectivity index (χ3n) is 6.62. The van der Waals surface area contributed by atoms with Crippen molar-refractivity contribution in [2.24, 2.45) is 0 Å². The highest BCUT2D eigenvalue weighted by Crippen LogP contribution is 2.38. The number of rotatable bonds is 9. The van der Waals surface area contributed by atoms with Gasteiger partial charge in [0.1, 0.15) is 16.4 Å². The molecule has 0 aliphatic rings. The number of halogens is 3. The molecule has 0 aliphatic heterocycles. The van der Waals surface area contributed by atoms with Crippen molar-refractivity contribution in [2.75, 3.05) is 0 Å². The van der Waals surface area contributed by atoms with Gasteiger partial charge in [-0.05, 0) is 47.9 Å². The van der Waals surface area contributed by atoms with Crippen LogP contribution in [0.4, 0.5) is 13.2 Å². The molecule has 0 saturated heterocycles. The predicted molar refractivity (Wildman–Crippen MR) is 151 cm³/mol. The first-order chi connectivity index (χ1) is 20.0. The second kappa shape index (κ2) is 11.6. The number of carbonyl (C=O) groups excluding carboxylic acids is 1. The smallest absolute Gasteiger partial charge is 0.434 e. The Morgan fingerprint density at radius 1 is 1.07 bits per heavy atom. The maximum Gasteiger partial charge on any atom is 0.434 e. The summed E-state index contributed by atoms with van der Waals surface area (Å²) in [7, 11) is 0. The van der Waals surface area contributed by atoms with Gasteiger partial charge in [0.15, 0.2) is 5.69 Å². The minimum absolute atomic E-state index is 0.0119. The number of carboxylic acid groups (broad SMARTS) is 1. The molecule has 0 aliphatic carbocycles. The molecule has 0 fully saturated rings. The van der Waals surface area contributed by atoms with E-state index in [1.165, 1.54) is 18.5 Å². The van der Waals surface area contributed by atoms with Gasteiger partial charge in [0.25, 0.3) is 0 Å². The molecule has 1 N–H and O–H groups in total. The number of hydrogen-bond acceptors (Lipinski definition) is 7. The van der Waals surface area contributed by atoms with E-state index in [0.29, 0.717) is 40.7 Å². The van der Waals surface area contributed by atoms with Gasteiger partial charge in [-0.3, -0.25) is 19.6 Å². The van der Waals surface area contributed by atoms with Crippen molar-refractivity contribution in [2.45, 2.75) is 38.9 Å². The quantitative estimate of drug-likeness (QED) is 0.215. The fourth-order valence-electron chi connectivity index (χ4n) is 4.63. The largest absolute Gasteiger partial charge is 0.477 e. The Labute approximate surface area is 241 Å². The molecule has 0 spiro atoms. The third kappa shape index (κ3) is 5.98. The number of carboxylic acids is 1. The van der Waals surface area contributed by atoms with Crippen LogP contribution >= 0.6 is 11.3 Å². The van der Waals surface area contributed by atoms with Crippen LogP contribution in [-0.4, -0.2) is 36.4 Å². The van der Waals surface area contributed by atoms with Gasteiger partial charge in [-0.15, -0.1) is 11.3 Å². The van der Waals surface area contributed by atoms with Crippen LogP contribution in [0.15, 0.2) is 71.4 Å². The number of carbonyl (C=O) groups is 2. The summed E-state index contributed by atoms with van der Waals surface area (Å²) in [6.45, 7) is 2.14. The number of nitrogens with zero attached hydrogens (tertiary/aromatic N) is 4. The number of Topliss-reactive ketones (excluding diaryl/α,β-unsaturated/α-hetero) is 1. The minimum atomic E-state index is -4.64. The molecular formula is C30H23F3N4O4S. The summed E-state index contributed by atoms with van der Waals surface area (Å²) in [5, 5.41) is 10.8. The van der Waals surface area contributed by atoms with Crippen molar-refractivity contribution in [3.63, 3.8) is 0 Å². The molecule has 4 heterocycles. The molecule has 0 amide bonds. The summed E-state index contributed by atoms with van der Waals surface area (Å²) in [5.41, 5.74) is 0.636. The summed E-state index contributed by atoms with van der Waals surface area (Å²) in [4.78, 5) is 49.7. The van der Waals surface area contributed by atoms with Gasteiger partial charge in [0, 0.05) is 71.8 Å². The van der Waals surface area contributed by atoms with E-state index in [0.717, 1.165) is 22.3 Å². The summed E-state index contributed by atoms with van der Waals surface area (Å²) < 4.78 is 41.8. The van der Waals surface area contributed by atoms with Gasteiger partial charge in [-0.2, -0.15) is 13.2 Å². The van der Waals surface area contributed by atoms with Crippen LogP contribution in [0, 0.1) is 0 Å². The molecule has 42 heavy (non-hydrogen) atoms. The Bertz CT molecular complexity index is 1870. The first kappa shape index (κ1) is 28.8. The van der Waals surface area contributed by atoms with Gasteiger partial charge < -0.3 is 9.67 Å². The van der Waals surface area contributed by atoms with Gasteiger partial charge >= 0.3 is 12.1 Å². The lowest BCUT2D eigenvalue weighted by atomic mass is 9.98. The van der Waals surface area contributed by atoms with Gasteiger partial charge in [-0.1, -0.05) is 13.0 Å². The van der Waals surface area contributed by atoms with Crippen molar-refractivity contribution in [3.05, 3.63) is 99.3 Å². The Morgan fingerprint density at radius 3 is 2.50 bits per heavy atom. The van der Waals surface area contributed by atoms with E-state index in [-0.39, 0.29) is 29.1 Å². The zero-order valence-corrected chi connectivity index (χ0v) is 23.0. The van der Waals surface area contributed by atoms with Gasteiger partial charge in [0.05, 0.1) is 5.52 Å². The van der Waals surface area contributed by atoms with E-state index in [4.69, 9.17) is 0 Å². The molecule has 0 radical (unpaired) electrons. The second-order valence-electron chi connectivity index (χ2n) is 9.61. The number of thiazole rings is 1. The van der Waals surface area contributed by atoms with E-state index in [2.05, 4.69) is 15.0 Å². The number of alkyl halides is 3. The predicted octanol–water partition coefficient (Wildman–Crippen LogP) is 6.26. The van der Waals surface area contributed by atoms with Crippen LogP contribution in [0.2, 0.25) is 0 Å². The summed E-state index contributed by atoms with van der Waals surface area (Å²) in [6.07, 6.45) is 2.30. The van der Waals surface area contributed by atoms with Crippen molar-refractivity contribution in [1.82, 2.24) is 19.5 Å². The minimum Gasteiger partial charge on any atom is -0.477 e. The molecule has 5 rings (SSSR count). The van der Waals surface area contributed by atoms with Crippen molar-refractivity contribution in [1.29, 1.82) is 0 Å². The first-order valence-corrected chi connectivity index (χ1v) is 13.8. The normalized spacial score (nSPS) is 11.6. The summed E-state index contributed by atoms with van der Waals surface area (Å²) in [5.74, 6) is -1.44. The Balaban J connectivity index is 1.68. The fourth-order valence-corrected chi connectivity index (χ4v) is 5.49. The van der Waals surface area contributed by atoms with Crippen molar-refractivity contribution < 1.29 is 27.9 Å². The Hall–Kier alpha value is -4.71. The fraction of sp³-hybridized carbons (Fsp3) is 0.200. The van der Waals surface area contributed by atoms with Gasteiger partial charge in [0.2, 0.25) is 5.43 Å². The highest BCUT2D eigenvalue weighted by atomic mass is 32.1. The Kier molecular flexibility index (Phi) is 7.99. The molecule has 4 aromatic heterocycles. The highest BCUT2D eigenvalue weighted by Gasteiger charge is 2.34. The van der Waals surface area contributed by atoms with E-state index in [1.54, 1.807) is 47.3 Å².